The van der Waals surface area contributed by atoms with Crippen LogP contribution in [0.2, 0.25) is 0 Å². The van der Waals surface area contributed by atoms with Crippen LogP contribution in [0.15, 0.2) is 57.7 Å². The van der Waals surface area contributed by atoms with Gasteiger partial charge in [0.05, 0.1) is 31.9 Å². The van der Waals surface area contributed by atoms with Gasteiger partial charge >= 0.3 is 5.63 Å². The number of aromatic hydroxyl groups is 1. The third-order valence-electron chi connectivity index (χ3n) is 5.44. The van der Waals surface area contributed by atoms with Crippen LogP contribution < -0.4 is 15.4 Å². The summed E-state index contributed by atoms with van der Waals surface area (Å²) in [5, 5.41) is 11.1. The van der Waals surface area contributed by atoms with Gasteiger partial charge in [-0.15, -0.1) is 0 Å². The van der Waals surface area contributed by atoms with Gasteiger partial charge in [-0.1, -0.05) is 31.2 Å². The Balaban J connectivity index is 1.51. The molecule has 3 aromatic rings. The molecule has 1 aromatic heterocycles. The summed E-state index contributed by atoms with van der Waals surface area (Å²) in [5.74, 6) is 0.333. The predicted molar refractivity (Wildman–Crippen MR) is 107 cm³/mol. The van der Waals surface area contributed by atoms with Gasteiger partial charge in [0.15, 0.2) is 0 Å². The molecule has 2 N–H and O–H groups in total. The van der Waals surface area contributed by atoms with Gasteiger partial charge in [0, 0.05) is 17.0 Å². The minimum absolute atomic E-state index is 0.280. The number of quaternary nitrogens is 1. The number of benzene rings is 2. The molecule has 0 atom stereocenters. The van der Waals surface area contributed by atoms with E-state index in [1.54, 1.807) is 12.1 Å². The molecule has 1 aliphatic heterocycles. The van der Waals surface area contributed by atoms with E-state index in [1.165, 1.54) is 10.5 Å². The van der Waals surface area contributed by atoms with E-state index in [9.17, 15) is 9.90 Å². The molecular weight excluding hydrogens is 340 g/mol. The Kier molecular flexibility index (Phi) is 4.86. The highest BCUT2D eigenvalue weighted by atomic mass is 16.4. The summed E-state index contributed by atoms with van der Waals surface area (Å²) in [4.78, 5) is 15.7. The fourth-order valence-corrected chi connectivity index (χ4v) is 3.88. The first-order valence-corrected chi connectivity index (χ1v) is 9.56. The van der Waals surface area contributed by atoms with Gasteiger partial charge in [0.25, 0.3) is 0 Å². The highest BCUT2D eigenvalue weighted by Gasteiger charge is 2.23. The normalized spacial score (nSPS) is 15.4. The molecule has 5 heteroatoms. The van der Waals surface area contributed by atoms with Crippen LogP contribution in [0.4, 0.5) is 5.69 Å². The van der Waals surface area contributed by atoms with E-state index < -0.39 is 0 Å². The maximum absolute atomic E-state index is 12.0. The van der Waals surface area contributed by atoms with Gasteiger partial charge in [-0.25, -0.2) is 4.79 Å². The van der Waals surface area contributed by atoms with Crippen LogP contribution >= 0.6 is 0 Å². The van der Waals surface area contributed by atoms with E-state index in [1.807, 2.05) is 24.3 Å². The van der Waals surface area contributed by atoms with Gasteiger partial charge in [-0.3, -0.25) is 0 Å². The Morgan fingerprint density at radius 2 is 1.89 bits per heavy atom. The molecular formula is C22H25N2O3+. The number of nitrogens with zero attached hydrogens (tertiary/aromatic N) is 1. The topological polar surface area (TPSA) is 58.1 Å². The number of piperazine rings is 1. The number of para-hydroxylation sites is 2. The summed E-state index contributed by atoms with van der Waals surface area (Å²) in [6.07, 6.45) is 0.920. The van der Waals surface area contributed by atoms with Crippen molar-refractivity contribution in [2.24, 2.45) is 0 Å². The van der Waals surface area contributed by atoms with Crippen molar-refractivity contribution in [2.75, 3.05) is 31.1 Å². The number of rotatable bonds is 4. The molecule has 0 aliphatic carbocycles. The van der Waals surface area contributed by atoms with E-state index in [2.05, 4.69) is 24.0 Å². The van der Waals surface area contributed by atoms with Gasteiger partial charge in [-0.2, -0.15) is 0 Å². The summed E-state index contributed by atoms with van der Waals surface area (Å²) >= 11 is 0. The standard InChI is InChI=1S/C22H24N2O3/c1-2-16-7-8-18-17(14-22(26)27-21(18)13-16)15-23-9-11-24(12-10-23)19-5-3-4-6-20(19)25/h3-8,13-14,25H,2,9-12,15H2,1H3/p+1. The zero-order valence-corrected chi connectivity index (χ0v) is 15.6. The highest BCUT2D eigenvalue weighted by molar-refractivity contribution is 5.80. The maximum Gasteiger partial charge on any atom is 0.336 e. The van der Waals surface area contributed by atoms with Crippen molar-refractivity contribution >= 4 is 16.7 Å². The van der Waals surface area contributed by atoms with Gasteiger partial charge < -0.3 is 19.3 Å². The van der Waals surface area contributed by atoms with Crippen molar-refractivity contribution in [3.05, 3.63) is 70.1 Å². The lowest BCUT2D eigenvalue weighted by molar-refractivity contribution is -0.914. The number of aryl methyl sites for hydroxylation is 1. The molecule has 1 saturated heterocycles. The zero-order valence-electron chi connectivity index (χ0n) is 15.6. The Labute approximate surface area is 158 Å². The maximum atomic E-state index is 12.0. The van der Waals surface area contributed by atoms with Crippen LogP contribution in [-0.2, 0) is 13.0 Å². The van der Waals surface area contributed by atoms with Crippen LogP contribution in [0.5, 0.6) is 5.75 Å². The minimum Gasteiger partial charge on any atom is -0.506 e. The third-order valence-corrected chi connectivity index (χ3v) is 5.44. The van der Waals surface area contributed by atoms with Gasteiger partial charge in [0.2, 0.25) is 0 Å². The van der Waals surface area contributed by atoms with Crippen molar-refractivity contribution in [3.63, 3.8) is 0 Å². The fraction of sp³-hybridized carbons (Fsp3) is 0.318. The number of fused-ring (bicyclic) bond motifs is 1. The molecule has 0 bridgehead atoms. The smallest absolute Gasteiger partial charge is 0.336 e. The number of anilines is 1. The van der Waals surface area contributed by atoms with Gasteiger partial charge in [-0.05, 0) is 30.2 Å². The van der Waals surface area contributed by atoms with E-state index in [4.69, 9.17) is 4.42 Å². The Morgan fingerprint density at radius 1 is 1.11 bits per heavy atom. The monoisotopic (exact) mass is 365 g/mol. The largest absolute Gasteiger partial charge is 0.506 e. The molecule has 4 rings (SSSR count). The minimum atomic E-state index is -0.280. The van der Waals surface area contributed by atoms with Gasteiger partial charge in [0.1, 0.15) is 17.9 Å². The first kappa shape index (κ1) is 17.6. The van der Waals surface area contributed by atoms with Crippen LogP contribution in [0.3, 0.4) is 0 Å². The Hall–Kier alpha value is -2.79. The molecule has 5 nitrogen and oxygen atoms in total. The molecule has 1 aliphatic rings. The van der Waals surface area contributed by atoms with Crippen molar-refractivity contribution in [3.8, 4) is 5.75 Å². The van der Waals surface area contributed by atoms with Crippen molar-refractivity contribution in [2.45, 2.75) is 19.9 Å². The summed E-state index contributed by atoms with van der Waals surface area (Å²) in [7, 11) is 0. The van der Waals surface area contributed by atoms with Crippen molar-refractivity contribution in [1.29, 1.82) is 0 Å². The van der Waals surface area contributed by atoms with Crippen LogP contribution in [-0.4, -0.2) is 31.3 Å². The molecule has 0 radical (unpaired) electrons. The van der Waals surface area contributed by atoms with E-state index in [-0.39, 0.29) is 5.63 Å². The quantitative estimate of drug-likeness (QED) is 0.694. The highest BCUT2D eigenvalue weighted by Crippen LogP contribution is 2.26. The summed E-state index contributed by atoms with van der Waals surface area (Å²) in [5.41, 5.74) is 3.53. The molecule has 0 spiro atoms. The average molecular weight is 365 g/mol. The van der Waals surface area contributed by atoms with Crippen molar-refractivity contribution < 1.29 is 14.4 Å². The molecule has 0 unspecified atom stereocenters. The zero-order chi connectivity index (χ0) is 18.8. The lowest BCUT2D eigenvalue weighted by Gasteiger charge is -2.34. The van der Waals surface area contributed by atoms with E-state index >= 15 is 0 Å². The molecule has 140 valence electrons. The number of phenols is 1. The average Bonchev–Trinajstić information content (AvgIpc) is 2.68. The van der Waals surface area contributed by atoms with E-state index in [0.717, 1.165) is 55.8 Å². The van der Waals surface area contributed by atoms with E-state index in [0.29, 0.717) is 11.3 Å². The third kappa shape index (κ3) is 3.69. The number of phenolic OH excluding ortho intramolecular Hbond substituents is 1. The Morgan fingerprint density at radius 3 is 2.63 bits per heavy atom. The van der Waals surface area contributed by atoms with Crippen LogP contribution in [0.25, 0.3) is 11.0 Å². The number of hydrogen-bond acceptors (Lipinski definition) is 4. The summed E-state index contributed by atoms with van der Waals surface area (Å²) < 4.78 is 5.42. The number of nitrogens with one attached hydrogen (secondary N) is 1. The predicted octanol–water partition coefficient (Wildman–Crippen LogP) is 1.97. The summed E-state index contributed by atoms with van der Waals surface area (Å²) in [6.45, 7) is 6.59. The SMILES string of the molecule is CCc1ccc2c(C[NH+]3CCN(c4ccccc4O)CC3)cc(=O)oc2c1. The molecule has 0 amide bonds. The Bertz CT molecular complexity index is 1000. The molecule has 27 heavy (non-hydrogen) atoms. The van der Waals surface area contributed by atoms with Crippen molar-refractivity contribution in [1.82, 2.24) is 0 Å². The lowest BCUT2D eigenvalue weighted by Crippen LogP contribution is -3.13. The summed E-state index contributed by atoms with van der Waals surface area (Å²) in [6, 6.07) is 15.3. The first-order valence-electron chi connectivity index (χ1n) is 9.56. The second-order valence-corrected chi connectivity index (χ2v) is 7.18. The van der Waals surface area contributed by atoms with Crippen LogP contribution in [0.1, 0.15) is 18.1 Å². The number of hydrogen-bond donors (Lipinski definition) is 2. The fourth-order valence-electron chi connectivity index (χ4n) is 3.88. The second kappa shape index (κ2) is 7.45. The second-order valence-electron chi connectivity index (χ2n) is 7.18. The molecule has 1 fully saturated rings. The molecule has 2 aromatic carbocycles. The molecule has 2 heterocycles. The lowest BCUT2D eigenvalue weighted by atomic mass is 10.1. The van der Waals surface area contributed by atoms with Crippen LogP contribution in [0, 0.1) is 0 Å². The first-order chi connectivity index (χ1) is 13.1. The molecule has 0 saturated carbocycles.